The number of hydrogen-bond acceptors (Lipinski definition) is 3. The lowest BCUT2D eigenvalue weighted by atomic mass is 10.3. The lowest BCUT2D eigenvalue weighted by Crippen LogP contribution is -2.18. The van der Waals surface area contributed by atoms with Gasteiger partial charge in [0.1, 0.15) is 11.5 Å². The van der Waals surface area contributed by atoms with Gasteiger partial charge in [0.15, 0.2) is 0 Å². The van der Waals surface area contributed by atoms with Crippen LogP contribution in [0.3, 0.4) is 0 Å². The highest BCUT2D eigenvalue weighted by Crippen LogP contribution is 2.01. The lowest BCUT2D eigenvalue weighted by molar-refractivity contribution is -0.121. The molecular weight excluding hydrogens is 180 g/mol. The molecule has 0 saturated heterocycles. The van der Waals surface area contributed by atoms with Crippen molar-refractivity contribution < 1.29 is 9.21 Å². The average molecular weight is 194 g/mol. The van der Waals surface area contributed by atoms with Crippen molar-refractivity contribution in [3.05, 3.63) is 24.2 Å². The number of hydrazone groups is 1. The molecule has 4 nitrogen and oxygen atoms in total. The standard InChI is InChI=1S/C10H14N2O2/c1-3-5-10(13)12-11-8(2)9-6-4-7-14-9/h4,6-7H,3,5H2,1-2H3,(H,12,13)/b11-8+. The van der Waals surface area contributed by atoms with Gasteiger partial charge < -0.3 is 4.42 Å². The van der Waals surface area contributed by atoms with E-state index in [2.05, 4.69) is 10.5 Å². The summed E-state index contributed by atoms with van der Waals surface area (Å²) in [7, 11) is 0. The Balaban J connectivity index is 2.49. The van der Waals surface area contributed by atoms with Crippen molar-refractivity contribution in [1.29, 1.82) is 0 Å². The summed E-state index contributed by atoms with van der Waals surface area (Å²) in [6.07, 6.45) is 2.89. The summed E-state index contributed by atoms with van der Waals surface area (Å²) >= 11 is 0. The van der Waals surface area contributed by atoms with Crippen molar-refractivity contribution in [2.75, 3.05) is 0 Å². The van der Waals surface area contributed by atoms with Crippen LogP contribution in [-0.2, 0) is 4.79 Å². The molecule has 0 aliphatic rings. The highest BCUT2D eigenvalue weighted by atomic mass is 16.3. The van der Waals surface area contributed by atoms with Gasteiger partial charge >= 0.3 is 0 Å². The molecule has 76 valence electrons. The molecule has 0 aromatic carbocycles. The first kappa shape index (κ1) is 10.5. The lowest BCUT2D eigenvalue weighted by Gasteiger charge is -1.98. The summed E-state index contributed by atoms with van der Waals surface area (Å²) in [6.45, 7) is 3.73. The summed E-state index contributed by atoms with van der Waals surface area (Å²) in [5, 5.41) is 3.91. The van der Waals surface area contributed by atoms with Gasteiger partial charge in [-0.25, -0.2) is 5.43 Å². The van der Waals surface area contributed by atoms with Crippen LogP contribution in [0.25, 0.3) is 0 Å². The first-order valence-electron chi connectivity index (χ1n) is 4.61. The summed E-state index contributed by atoms with van der Waals surface area (Å²) in [5.74, 6) is 0.597. The molecule has 1 N–H and O–H groups in total. The van der Waals surface area contributed by atoms with E-state index in [1.54, 1.807) is 25.3 Å². The predicted molar refractivity (Wildman–Crippen MR) is 54.0 cm³/mol. The molecule has 1 aromatic heterocycles. The van der Waals surface area contributed by atoms with E-state index in [9.17, 15) is 4.79 Å². The molecule has 0 unspecified atom stereocenters. The fourth-order valence-electron chi connectivity index (χ4n) is 0.969. The Morgan fingerprint density at radius 2 is 2.43 bits per heavy atom. The molecule has 1 heterocycles. The molecule has 0 radical (unpaired) electrons. The zero-order valence-corrected chi connectivity index (χ0v) is 8.41. The minimum Gasteiger partial charge on any atom is -0.463 e. The Bertz CT molecular complexity index is 315. The van der Waals surface area contributed by atoms with Crippen LogP contribution in [0.1, 0.15) is 32.4 Å². The van der Waals surface area contributed by atoms with Gasteiger partial charge in [-0.05, 0) is 25.5 Å². The molecule has 4 heteroatoms. The predicted octanol–water partition coefficient (Wildman–Crippen LogP) is 1.92. The topological polar surface area (TPSA) is 54.6 Å². The number of nitrogens with zero attached hydrogens (tertiary/aromatic N) is 1. The van der Waals surface area contributed by atoms with E-state index in [1.807, 2.05) is 6.92 Å². The second-order valence-corrected chi connectivity index (χ2v) is 2.96. The molecule has 1 amide bonds. The summed E-state index contributed by atoms with van der Waals surface area (Å²) in [4.78, 5) is 11.1. The fourth-order valence-corrected chi connectivity index (χ4v) is 0.969. The average Bonchev–Trinajstić information content (AvgIpc) is 2.67. The third-order valence-corrected chi connectivity index (χ3v) is 1.70. The first-order chi connectivity index (χ1) is 6.74. The fraction of sp³-hybridized carbons (Fsp3) is 0.400. The van der Waals surface area contributed by atoms with Crippen molar-refractivity contribution >= 4 is 11.6 Å². The van der Waals surface area contributed by atoms with E-state index >= 15 is 0 Å². The monoisotopic (exact) mass is 194 g/mol. The molecule has 1 aromatic rings. The number of hydrogen-bond donors (Lipinski definition) is 1. The second-order valence-electron chi connectivity index (χ2n) is 2.96. The van der Waals surface area contributed by atoms with Crippen LogP contribution in [0.2, 0.25) is 0 Å². The van der Waals surface area contributed by atoms with Gasteiger partial charge in [-0.15, -0.1) is 0 Å². The Morgan fingerprint density at radius 3 is 3.00 bits per heavy atom. The number of carbonyl (C=O) groups is 1. The zero-order valence-electron chi connectivity index (χ0n) is 8.41. The molecule has 0 fully saturated rings. The van der Waals surface area contributed by atoms with Crippen LogP contribution in [0, 0.1) is 0 Å². The van der Waals surface area contributed by atoms with Gasteiger partial charge in [0, 0.05) is 6.42 Å². The summed E-state index contributed by atoms with van der Waals surface area (Å²) in [6, 6.07) is 3.58. The van der Waals surface area contributed by atoms with Crippen LogP contribution in [0.15, 0.2) is 27.9 Å². The minimum absolute atomic E-state index is 0.0709. The molecule has 0 aliphatic heterocycles. The highest BCUT2D eigenvalue weighted by Gasteiger charge is 2.01. The molecule has 0 bridgehead atoms. The molecular formula is C10H14N2O2. The van der Waals surface area contributed by atoms with Crippen molar-refractivity contribution in [2.24, 2.45) is 5.10 Å². The van der Waals surface area contributed by atoms with Crippen LogP contribution in [0.5, 0.6) is 0 Å². The van der Waals surface area contributed by atoms with Crippen LogP contribution in [0.4, 0.5) is 0 Å². The van der Waals surface area contributed by atoms with Gasteiger partial charge in [0.2, 0.25) is 5.91 Å². The number of amides is 1. The third kappa shape index (κ3) is 3.05. The van der Waals surface area contributed by atoms with Gasteiger partial charge in [-0.2, -0.15) is 5.10 Å². The van der Waals surface area contributed by atoms with Crippen molar-refractivity contribution in [1.82, 2.24) is 5.43 Å². The van der Waals surface area contributed by atoms with E-state index in [0.717, 1.165) is 6.42 Å². The van der Waals surface area contributed by atoms with Crippen LogP contribution in [-0.4, -0.2) is 11.6 Å². The SMILES string of the molecule is CCCC(=O)N/N=C(\C)c1ccco1. The number of furan rings is 1. The van der Waals surface area contributed by atoms with Crippen LogP contribution >= 0.6 is 0 Å². The normalized spacial score (nSPS) is 11.4. The zero-order chi connectivity index (χ0) is 10.4. The van der Waals surface area contributed by atoms with Crippen molar-refractivity contribution in [3.8, 4) is 0 Å². The quantitative estimate of drug-likeness (QED) is 0.588. The van der Waals surface area contributed by atoms with Gasteiger partial charge in [-0.1, -0.05) is 6.92 Å². The van der Waals surface area contributed by atoms with Crippen molar-refractivity contribution in [3.63, 3.8) is 0 Å². The molecule has 0 atom stereocenters. The number of nitrogens with one attached hydrogen (secondary N) is 1. The van der Waals surface area contributed by atoms with Crippen LogP contribution < -0.4 is 5.43 Å². The van der Waals surface area contributed by atoms with E-state index in [-0.39, 0.29) is 5.91 Å². The Labute approximate surface area is 83.0 Å². The summed E-state index contributed by atoms with van der Waals surface area (Å²) < 4.78 is 5.11. The Hall–Kier alpha value is -1.58. The van der Waals surface area contributed by atoms with E-state index in [4.69, 9.17) is 4.42 Å². The summed E-state index contributed by atoms with van der Waals surface area (Å²) in [5.41, 5.74) is 3.13. The Kier molecular flexibility index (Phi) is 3.91. The molecule has 0 saturated carbocycles. The highest BCUT2D eigenvalue weighted by molar-refractivity contribution is 5.96. The molecule has 0 spiro atoms. The second kappa shape index (κ2) is 5.21. The molecule has 1 rings (SSSR count). The molecule has 14 heavy (non-hydrogen) atoms. The number of carbonyl (C=O) groups excluding carboxylic acids is 1. The van der Waals surface area contributed by atoms with Crippen molar-refractivity contribution in [2.45, 2.75) is 26.7 Å². The molecule has 0 aliphatic carbocycles. The van der Waals surface area contributed by atoms with Gasteiger partial charge in [0.25, 0.3) is 0 Å². The minimum atomic E-state index is -0.0709. The largest absolute Gasteiger partial charge is 0.463 e. The van der Waals surface area contributed by atoms with Gasteiger partial charge in [-0.3, -0.25) is 4.79 Å². The number of rotatable bonds is 4. The third-order valence-electron chi connectivity index (χ3n) is 1.70. The maximum absolute atomic E-state index is 11.1. The maximum atomic E-state index is 11.1. The van der Waals surface area contributed by atoms with E-state index in [0.29, 0.717) is 17.9 Å². The first-order valence-corrected chi connectivity index (χ1v) is 4.61. The van der Waals surface area contributed by atoms with Gasteiger partial charge in [0.05, 0.1) is 6.26 Å². The smallest absolute Gasteiger partial charge is 0.240 e. The maximum Gasteiger partial charge on any atom is 0.240 e. The van der Waals surface area contributed by atoms with E-state index < -0.39 is 0 Å². The van der Waals surface area contributed by atoms with E-state index in [1.165, 1.54) is 0 Å². The Morgan fingerprint density at radius 1 is 1.64 bits per heavy atom.